The Hall–Kier alpha value is -2.28. The lowest BCUT2D eigenvalue weighted by Crippen LogP contribution is -2.29. The molecule has 2 aliphatic rings. The van der Waals surface area contributed by atoms with Crippen molar-refractivity contribution in [2.24, 2.45) is 5.92 Å². The molecule has 0 radical (unpaired) electrons. The zero-order valence-electron chi connectivity index (χ0n) is 19.4. The molecule has 1 aliphatic heterocycles. The van der Waals surface area contributed by atoms with Gasteiger partial charge in [-0.15, -0.1) is 0 Å². The number of rotatable bonds is 6. The molecule has 3 heterocycles. The van der Waals surface area contributed by atoms with Gasteiger partial charge in [-0.05, 0) is 64.0 Å². The van der Waals surface area contributed by atoms with E-state index in [-0.39, 0.29) is 6.04 Å². The van der Waals surface area contributed by atoms with Crippen LogP contribution in [0.3, 0.4) is 0 Å². The first kappa shape index (κ1) is 20.6. The molecule has 1 saturated carbocycles. The summed E-state index contributed by atoms with van der Waals surface area (Å²) in [6.07, 6.45) is 3.82. The van der Waals surface area contributed by atoms with Gasteiger partial charge in [0.05, 0.1) is 17.4 Å². The van der Waals surface area contributed by atoms with Crippen LogP contribution in [-0.4, -0.2) is 37.8 Å². The topological polar surface area (TPSA) is 58.0 Å². The van der Waals surface area contributed by atoms with Crippen molar-refractivity contribution in [1.82, 2.24) is 18.7 Å². The van der Waals surface area contributed by atoms with Crippen LogP contribution in [0, 0.1) is 26.7 Å². The average molecular weight is 437 g/mol. The molecule has 3 aromatic rings. The maximum absolute atomic E-state index is 5.01. The van der Waals surface area contributed by atoms with Crippen molar-refractivity contribution in [3.8, 4) is 0 Å². The third-order valence-electron chi connectivity index (χ3n) is 6.93. The molecular weight excluding hydrogens is 404 g/mol. The minimum atomic E-state index is 0.278. The van der Waals surface area contributed by atoms with Gasteiger partial charge in [0.15, 0.2) is 0 Å². The van der Waals surface area contributed by atoms with Crippen molar-refractivity contribution in [3.05, 3.63) is 28.6 Å². The van der Waals surface area contributed by atoms with Crippen LogP contribution in [0.4, 0.5) is 17.3 Å². The molecule has 1 aliphatic carbocycles. The van der Waals surface area contributed by atoms with Crippen LogP contribution in [0.5, 0.6) is 0 Å². The first-order valence-electron chi connectivity index (χ1n) is 11.6. The minimum absolute atomic E-state index is 0.278. The Bertz CT molecular complexity index is 1130. The van der Waals surface area contributed by atoms with Crippen molar-refractivity contribution in [1.29, 1.82) is 0 Å². The molecule has 6 nitrogen and oxygen atoms in total. The lowest BCUT2D eigenvalue weighted by Gasteiger charge is -2.28. The number of hydrogen-bond donors (Lipinski definition) is 0. The van der Waals surface area contributed by atoms with Gasteiger partial charge in [0.2, 0.25) is 0 Å². The number of benzene rings is 1. The first-order chi connectivity index (χ1) is 14.9. The molecule has 0 saturated heterocycles. The Morgan fingerprint density at radius 2 is 1.81 bits per heavy atom. The van der Waals surface area contributed by atoms with Gasteiger partial charge in [0.1, 0.15) is 28.5 Å². The van der Waals surface area contributed by atoms with Gasteiger partial charge < -0.3 is 9.80 Å². The van der Waals surface area contributed by atoms with E-state index < -0.39 is 0 Å². The Kier molecular flexibility index (Phi) is 5.12. The van der Waals surface area contributed by atoms with E-state index in [1.54, 1.807) is 0 Å². The summed E-state index contributed by atoms with van der Waals surface area (Å²) < 4.78 is 9.29. The summed E-state index contributed by atoms with van der Waals surface area (Å²) in [7, 11) is 0. The molecule has 2 aromatic heterocycles. The predicted molar refractivity (Wildman–Crippen MR) is 129 cm³/mol. The summed E-state index contributed by atoms with van der Waals surface area (Å²) in [5.41, 5.74) is 6.86. The van der Waals surface area contributed by atoms with E-state index in [4.69, 9.17) is 14.3 Å². The van der Waals surface area contributed by atoms with Crippen molar-refractivity contribution >= 4 is 40.1 Å². The van der Waals surface area contributed by atoms with Crippen LogP contribution in [0.15, 0.2) is 6.07 Å². The molecule has 2 unspecified atom stereocenters. The van der Waals surface area contributed by atoms with Gasteiger partial charge in [0, 0.05) is 30.6 Å². The normalized spacial score (nSPS) is 20.5. The molecule has 0 spiro atoms. The smallest absolute Gasteiger partial charge is 0.142 e. The molecule has 1 fully saturated rings. The van der Waals surface area contributed by atoms with E-state index in [1.807, 2.05) is 6.92 Å². The molecule has 0 bridgehead atoms. The standard InChI is InChI=1S/C24H32N6S/c1-7-10-29(12-18-8-9-18)23-19-15(4)16(5)30(24(19)26-17(6)25-23)22-14(3)11-13(2)20-21(22)28-31-27-20/h11,15-16,18H,7-10,12H2,1-6H3. The molecule has 5 rings (SSSR count). The van der Waals surface area contributed by atoms with Crippen LogP contribution < -0.4 is 9.80 Å². The van der Waals surface area contributed by atoms with Gasteiger partial charge in [-0.3, -0.25) is 0 Å². The zero-order valence-corrected chi connectivity index (χ0v) is 20.3. The van der Waals surface area contributed by atoms with E-state index in [1.165, 1.54) is 41.3 Å². The summed E-state index contributed by atoms with van der Waals surface area (Å²) in [6, 6.07) is 2.51. The lowest BCUT2D eigenvalue weighted by molar-refractivity contribution is 0.633. The zero-order chi connectivity index (χ0) is 21.9. The predicted octanol–water partition coefficient (Wildman–Crippen LogP) is 5.68. The van der Waals surface area contributed by atoms with Gasteiger partial charge >= 0.3 is 0 Å². The third kappa shape index (κ3) is 3.37. The third-order valence-corrected chi connectivity index (χ3v) is 7.46. The second-order valence-corrected chi connectivity index (χ2v) is 9.97. The molecule has 0 N–H and O–H groups in total. The lowest BCUT2D eigenvalue weighted by atomic mass is 9.98. The summed E-state index contributed by atoms with van der Waals surface area (Å²) in [6.45, 7) is 15.4. The highest BCUT2D eigenvalue weighted by molar-refractivity contribution is 7.00. The second kappa shape index (κ2) is 7.69. The molecular formula is C24H32N6S. The fourth-order valence-corrected chi connectivity index (χ4v) is 5.68. The van der Waals surface area contributed by atoms with Crippen LogP contribution in [-0.2, 0) is 0 Å². The fourth-order valence-electron chi connectivity index (χ4n) is 5.07. The van der Waals surface area contributed by atoms with E-state index in [2.05, 4.69) is 54.9 Å². The van der Waals surface area contributed by atoms with E-state index in [0.717, 1.165) is 59.6 Å². The number of nitrogens with zero attached hydrogens (tertiary/aromatic N) is 6. The minimum Gasteiger partial charge on any atom is -0.356 e. The Balaban J connectivity index is 1.70. The van der Waals surface area contributed by atoms with Gasteiger partial charge in [0.25, 0.3) is 0 Å². The maximum Gasteiger partial charge on any atom is 0.142 e. The number of anilines is 3. The van der Waals surface area contributed by atoms with Crippen molar-refractivity contribution in [3.63, 3.8) is 0 Å². The highest BCUT2D eigenvalue weighted by atomic mass is 32.1. The first-order valence-corrected chi connectivity index (χ1v) is 12.3. The summed E-state index contributed by atoms with van der Waals surface area (Å²) in [5.74, 6) is 4.21. The fraction of sp³-hybridized carbons (Fsp3) is 0.583. The summed E-state index contributed by atoms with van der Waals surface area (Å²) in [5, 5.41) is 0. The van der Waals surface area contributed by atoms with E-state index in [9.17, 15) is 0 Å². The van der Waals surface area contributed by atoms with Gasteiger partial charge in [-0.1, -0.05) is 19.9 Å². The molecule has 2 atom stereocenters. The monoisotopic (exact) mass is 436 g/mol. The Labute approximate surface area is 189 Å². The summed E-state index contributed by atoms with van der Waals surface area (Å²) >= 11 is 1.30. The van der Waals surface area contributed by atoms with E-state index >= 15 is 0 Å². The van der Waals surface area contributed by atoms with Crippen molar-refractivity contribution < 1.29 is 0 Å². The Morgan fingerprint density at radius 1 is 1.06 bits per heavy atom. The van der Waals surface area contributed by atoms with Gasteiger partial charge in [-0.2, -0.15) is 8.75 Å². The van der Waals surface area contributed by atoms with Crippen molar-refractivity contribution in [2.75, 3.05) is 22.9 Å². The van der Waals surface area contributed by atoms with Crippen molar-refractivity contribution in [2.45, 2.75) is 72.8 Å². The van der Waals surface area contributed by atoms with Gasteiger partial charge in [-0.25, -0.2) is 9.97 Å². The highest BCUT2D eigenvalue weighted by Gasteiger charge is 2.41. The summed E-state index contributed by atoms with van der Waals surface area (Å²) in [4.78, 5) is 15.0. The number of aryl methyl sites for hydroxylation is 3. The molecule has 7 heteroatoms. The highest BCUT2D eigenvalue weighted by Crippen LogP contribution is 2.50. The SMILES string of the molecule is CCCN(CC1CC1)c1nc(C)nc2c1C(C)C(C)N2c1c(C)cc(C)c2nsnc12. The number of hydrogen-bond acceptors (Lipinski definition) is 7. The maximum atomic E-state index is 5.01. The largest absolute Gasteiger partial charge is 0.356 e. The molecule has 31 heavy (non-hydrogen) atoms. The van der Waals surface area contributed by atoms with Crippen LogP contribution in [0.25, 0.3) is 11.0 Å². The van der Waals surface area contributed by atoms with Crippen LogP contribution in [0.1, 0.15) is 68.5 Å². The number of fused-ring (bicyclic) bond motifs is 2. The van der Waals surface area contributed by atoms with E-state index in [0.29, 0.717) is 5.92 Å². The molecule has 0 amide bonds. The average Bonchev–Trinajstić information content (AvgIpc) is 3.34. The Morgan fingerprint density at radius 3 is 2.52 bits per heavy atom. The molecule has 1 aromatic carbocycles. The second-order valence-electron chi connectivity index (χ2n) is 9.44. The quantitative estimate of drug-likeness (QED) is 0.496. The number of aromatic nitrogens is 4. The van der Waals surface area contributed by atoms with Crippen LogP contribution >= 0.6 is 11.7 Å². The molecule has 164 valence electrons. The van der Waals surface area contributed by atoms with Crippen LogP contribution in [0.2, 0.25) is 0 Å².